The number of amides is 1. The van der Waals surface area contributed by atoms with Crippen LogP contribution in [0.1, 0.15) is 34.3 Å². The van der Waals surface area contributed by atoms with Gasteiger partial charge in [0.05, 0.1) is 11.8 Å². The molecule has 0 atom stereocenters. The van der Waals surface area contributed by atoms with E-state index in [1.54, 1.807) is 9.20 Å². The molecule has 1 N–H and O–H groups in total. The van der Waals surface area contributed by atoms with Crippen molar-refractivity contribution in [1.82, 2.24) is 29.7 Å². The number of nitrogens with zero attached hydrogens (tertiary/aromatic N) is 5. The fourth-order valence-electron chi connectivity index (χ4n) is 3.97. The van der Waals surface area contributed by atoms with E-state index in [4.69, 9.17) is 4.74 Å². The Morgan fingerprint density at radius 1 is 1.10 bits per heavy atom. The van der Waals surface area contributed by atoms with E-state index in [0.717, 1.165) is 35.1 Å². The quantitative estimate of drug-likeness (QED) is 0.541. The predicted molar refractivity (Wildman–Crippen MR) is 116 cm³/mol. The highest BCUT2D eigenvalue weighted by Gasteiger charge is 2.20. The first kappa shape index (κ1) is 19.4. The zero-order chi connectivity index (χ0) is 21.2. The van der Waals surface area contributed by atoms with E-state index in [0.29, 0.717) is 30.8 Å². The predicted octanol–water partition coefficient (Wildman–Crippen LogP) is 2.63. The molecule has 1 aliphatic rings. The minimum absolute atomic E-state index is 0.112. The number of aryl methyl sites for hydroxylation is 1. The summed E-state index contributed by atoms with van der Waals surface area (Å²) in [6.07, 6.45) is 9.62. The van der Waals surface area contributed by atoms with Gasteiger partial charge < -0.3 is 10.1 Å². The lowest BCUT2D eigenvalue weighted by molar-refractivity contribution is 0.0697. The average molecular weight is 416 g/mol. The molecule has 5 rings (SSSR count). The minimum atomic E-state index is -0.112. The van der Waals surface area contributed by atoms with Gasteiger partial charge in [-0.2, -0.15) is 10.2 Å². The van der Waals surface area contributed by atoms with Crippen LogP contribution >= 0.6 is 0 Å². The van der Waals surface area contributed by atoms with E-state index in [1.807, 2.05) is 31.7 Å². The second-order valence-electron chi connectivity index (χ2n) is 7.93. The Morgan fingerprint density at radius 2 is 1.90 bits per heavy atom. The number of carbonyl (C=O) groups excluding carboxylic acids is 1. The van der Waals surface area contributed by atoms with E-state index in [-0.39, 0.29) is 11.9 Å². The lowest BCUT2D eigenvalue weighted by atomic mass is 10.0. The number of carbonyl (C=O) groups is 1. The zero-order valence-corrected chi connectivity index (χ0v) is 17.4. The molecule has 0 bridgehead atoms. The summed E-state index contributed by atoms with van der Waals surface area (Å²) in [7, 11) is 1.91. The van der Waals surface area contributed by atoms with E-state index < -0.39 is 0 Å². The van der Waals surface area contributed by atoms with Crippen LogP contribution in [-0.2, 0) is 18.2 Å². The van der Waals surface area contributed by atoms with Crippen LogP contribution in [0.5, 0.6) is 0 Å². The number of rotatable bonds is 5. The van der Waals surface area contributed by atoms with Gasteiger partial charge in [0.2, 0.25) is 0 Å². The van der Waals surface area contributed by atoms with Crippen molar-refractivity contribution in [3.63, 3.8) is 0 Å². The summed E-state index contributed by atoms with van der Waals surface area (Å²) in [6.45, 7) is 1.36. The Kier molecular flexibility index (Phi) is 5.21. The molecule has 0 saturated carbocycles. The van der Waals surface area contributed by atoms with E-state index in [2.05, 4.69) is 44.8 Å². The van der Waals surface area contributed by atoms with Crippen LogP contribution in [0.4, 0.5) is 0 Å². The van der Waals surface area contributed by atoms with Crippen molar-refractivity contribution in [2.24, 2.45) is 7.05 Å². The van der Waals surface area contributed by atoms with Crippen molar-refractivity contribution in [2.75, 3.05) is 13.2 Å². The van der Waals surface area contributed by atoms with Crippen LogP contribution < -0.4 is 5.32 Å². The molecule has 1 fully saturated rings. The standard InChI is InChI=1S/C23H24N6O2/c1-28-14-19(12-25-28)18-4-2-16(3-5-18)10-17-11-21(22-24-15-26-29(22)13-17)23(30)27-20-6-8-31-9-7-20/h2-5,11-15,20H,6-10H2,1H3,(H,27,30). The molecular weight excluding hydrogens is 392 g/mol. The largest absolute Gasteiger partial charge is 0.381 e. The Balaban J connectivity index is 1.38. The third kappa shape index (κ3) is 4.20. The number of benzene rings is 1. The summed E-state index contributed by atoms with van der Waals surface area (Å²) >= 11 is 0. The molecule has 31 heavy (non-hydrogen) atoms. The first-order valence-corrected chi connectivity index (χ1v) is 10.4. The Morgan fingerprint density at radius 3 is 2.65 bits per heavy atom. The summed E-state index contributed by atoms with van der Waals surface area (Å²) in [5, 5.41) is 11.6. The molecule has 1 aromatic carbocycles. The average Bonchev–Trinajstić information content (AvgIpc) is 3.43. The third-order valence-corrected chi connectivity index (χ3v) is 5.63. The van der Waals surface area contributed by atoms with Crippen molar-refractivity contribution in [3.05, 3.63) is 71.9 Å². The molecule has 1 amide bonds. The topological polar surface area (TPSA) is 86.3 Å². The van der Waals surface area contributed by atoms with Gasteiger partial charge in [0, 0.05) is 44.3 Å². The van der Waals surface area contributed by atoms with Crippen molar-refractivity contribution < 1.29 is 9.53 Å². The second-order valence-corrected chi connectivity index (χ2v) is 7.93. The molecule has 1 saturated heterocycles. The molecule has 0 radical (unpaired) electrons. The first-order valence-electron chi connectivity index (χ1n) is 10.4. The van der Waals surface area contributed by atoms with E-state index in [9.17, 15) is 4.79 Å². The fraction of sp³-hybridized carbons (Fsp3) is 0.304. The maximum Gasteiger partial charge on any atom is 0.255 e. The Hall–Kier alpha value is -3.52. The molecule has 4 heterocycles. The summed E-state index contributed by atoms with van der Waals surface area (Å²) in [4.78, 5) is 17.3. The van der Waals surface area contributed by atoms with Gasteiger partial charge in [-0.3, -0.25) is 9.48 Å². The second kappa shape index (κ2) is 8.31. The number of pyridine rings is 1. The zero-order valence-electron chi connectivity index (χ0n) is 17.4. The van der Waals surface area contributed by atoms with Crippen molar-refractivity contribution in [1.29, 1.82) is 0 Å². The molecular formula is C23H24N6O2. The van der Waals surface area contributed by atoms with Gasteiger partial charge in [-0.1, -0.05) is 24.3 Å². The monoisotopic (exact) mass is 416 g/mol. The molecule has 8 nitrogen and oxygen atoms in total. The highest BCUT2D eigenvalue weighted by molar-refractivity contribution is 6.00. The van der Waals surface area contributed by atoms with Crippen LogP contribution in [-0.4, -0.2) is 49.5 Å². The summed E-state index contributed by atoms with van der Waals surface area (Å²) < 4.78 is 8.86. The normalized spacial score (nSPS) is 14.7. The van der Waals surface area contributed by atoms with Gasteiger partial charge in [-0.25, -0.2) is 9.50 Å². The number of aromatic nitrogens is 5. The smallest absolute Gasteiger partial charge is 0.255 e. The van der Waals surface area contributed by atoms with Gasteiger partial charge in [0.1, 0.15) is 6.33 Å². The van der Waals surface area contributed by atoms with Gasteiger partial charge in [-0.05, 0) is 42.0 Å². The maximum absolute atomic E-state index is 13.0. The highest BCUT2D eigenvalue weighted by Crippen LogP contribution is 2.21. The Labute approximate surface area is 179 Å². The molecule has 3 aromatic heterocycles. The van der Waals surface area contributed by atoms with Gasteiger partial charge in [-0.15, -0.1) is 0 Å². The third-order valence-electron chi connectivity index (χ3n) is 5.63. The van der Waals surface area contributed by atoms with Gasteiger partial charge in [0.15, 0.2) is 5.65 Å². The van der Waals surface area contributed by atoms with Crippen molar-refractivity contribution in [2.45, 2.75) is 25.3 Å². The van der Waals surface area contributed by atoms with Crippen molar-refractivity contribution >= 4 is 11.6 Å². The van der Waals surface area contributed by atoms with Crippen LogP contribution in [0.25, 0.3) is 16.8 Å². The number of fused-ring (bicyclic) bond motifs is 1. The highest BCUT2D eigenvalue weighted by atomic mass is 16.5. The molecule has 0 aliphatic carbocycles. The summed E-state index contributed by atoms with van der Waals surface area (Å²) in [6, 6.07) is 10.5. The van der Waals surface area contributed by atoms with Crippen LogP contribution in [0.3, 0.4) is 0 Å². The molecule has 0 spiro atoms. The van der Waals surface area contributed by atoms with Crippen LogP contribution in [0.15, 0.2) is 55.2 Å². The number of hydrogen-bond donors (Lipinski definition) is 1. The van der Waals surface area contributed by atoms with Crippen molar-refractivity contribution in [3.8, 4) is 11.1 Å². The van der Waals surface area contributed by atoms with E-state index in [1.165, 1.54) is 6.33 Å². The molecule has 1 aliphatic heterocycles. The lowest BCUT2D eigenvalue weighted by Crippen LogP contribution is -2.39. The van der Waals surface area contributed by atoms with Crippen LogP contribution in [0, 0.1) is 0 Å². The number of hydrogen-bond acceptors (Lipinski definition) is 5. The molecule has 0 unspecified atom stereocenters. The SMILES string of the molecule is Cn1cc(-c2ccc(Cc3cc(C(=O)NC4CCOCC4)c4ncnn4c3)cc2)cn1. The maximum atomic E-state index is 13.0. The molecule has 4 aromatic rings. The number of nitrogens with one attached hydrogen (secondary N) is 1. The summed E-state index contributed by atoms with van der Waals surface area (Å²) in [5.74, 6) is -0.112. The summed E-state index contributed by atoms with van der Waals surface area (Å²) in [5.41, 5.74) is 5.49. The fourth-order valence-corrected chi connectivity index (χ4v) is 3.97. The van der Waals surface area contributed by atoms with Gasteiger partial charge in [0.25, 0.3) is 5.91 Å². The molecule has 158 valence electrons. The van der Waals surface area contributed by atoms with E-state index >= 15 is 0 Å². The Bertz CT molecular complexity index is 1200. The molecule has 8 heteroatoms. The van der Waals surface area contributed by atoms with Gasteiger partial charge >= 0.3 is 0 Å². The minimum Gasteiger partial charge on any atom is -0.381 e. The lowest BCUT2D eigenvalue weighted by Gasteiger charge is -2.23. The first-order chi connectivity index (χ1) is 15.2. The number of ether oxygens (including phenoxy) is 1. The van der Waals surface area contributed by atoms with Crippen LogP contribution in [0.2, 0.25) is 0 Å².